The summed E-state index contributed by atoms with van der Waals surface area (Å²) in [6.07, 6.45) is 1.59. The molecule has 0 aliphatic carbocycles. The minimum Gasteiger partial charge on any atom is -0.483 e. The highest BCUT2D eigenvalue weighted by molar-refractivity contribution is 7.89. The van der Waals surface area contributed by atoms with Crippen LogP contribution in [0.5, 0.6) is 5.75 Å². The van der Waals surface area contributed by atoms with Gasteiger partial charge >= 0.3 is 0 Å². The second kappa shape index (κ2) is 10.7. The predicted molar refractivity (Wildman–Crippen MR) is 131 cm³/mol. The van der Waals surface area contributed by atoms with Crippen molar-refractivity contribution in [2.75, 3.05) is 19.7 Å². The molecule has 4 rings (SSSR count). The average molecular weight is 494 g/mol. The lowest BCUT2D eigenvalue weighted by Crippen LogP contribution is -2.33. The Bertz CT molecular complexity index is 1250. The molecule has 0 atom stereocenters. The fourth-order valence-corrected chi connectivity index (χ4v) is 5.61. The summed E-state index contributed by atoms with van der Waals surface area (Å²) < 4.78 is 32.7. The number of hydrogen-bond donors (Lipinski definition) is 2. The van der Waals surface area contributed by atoms with E-state index in [9.17, 15) is 18.0 Å². The molecule has 3 aromatic carbocycles. The van der Waals surface area contributed by atoms with Crippen molar-refractivity contribution in [3.05, 3.63) is 95.6 Å². The second-order valence-electron chi connectivity index (χ2n) is 8.24. The van der Waals surface area contributed by atoms with Crippen LogP contribution in [0.4, 0.5) is 0 Å². The Morgan fingerprint density at radius 2 is 1.49 bits per heavy atom. The fourth-order valence-electron chi connectivity index (χ4n) is 4.06. The van der Waals surface area contributed by atoms with Crippen LogP contribution in [-0.2, 0) is 14.8 Å². The maximum atomic E-state index is 12.8. The van der Waals surface area contributed by atoms with Gasteiger partial charge in [-0.15, -0.1) is 0 Å². The normalized spacial score (nSPS) is 14.1. The number of amides is 2. The van der Waals surface area contributed by atoms with Crippen LogP contribution in [0.2, 0.25) is 0 Å². The average Bonchev–Trinajstić information content (AvgIpc) is 3.43. The van der Waals surface area contributed by atoms with Gasteiger partial charge in [0.05, 0.1) is 16.5 Å². The topological polar surface area (TPSA) is 119 Å². The Morgan fingerprint density at radius 3 is 2.03 bits per heavy atom. The van der Waals surface area contributed by atoms with Crippen LogP contribution in [0, 0.1) is 0 Å². The lowest BCUT2D eigenvalue weighted by molar-refractivity contribution is -0.123. The maximum Gasteiger partial charge on any atom is 0.258 e. The highest BCUT2D eigenvalue weighted by Gasteiger charge is 2.28. The summed E-state index contributed by atoms with van der Waals surface area (Å²) in [5.41, 5.74) is 7.20. The van der Waals surface area contributed by atoms with E-state index in [2.05, 4.69) is 5.32 Å². The third-order valence-electron chi connectivity index (χ3n) is 5.85. The number of benzene rings is 3. The number of carbonyl (C=O) groups is 2. The lowest BCUT2D eigenvalue weighted by Gasteiger charge is -2.20. The molecule has 35 heavy (non-hydrogen) atoms. The van der Waals surface area contributed by atoms with Crippen LogP contribution in [0.15, 0.2) is 83.8 Å². The Labute approximate surface area is 204 Å². The van der Waals surface area contributed by atoms with E-state index in [-0.39, 0.29) is 22.8 Å². The number of hydrogen-bond acceptors (Lipinski definition) is 5. The van der Waals surface area contributed by atoms with Gasteiger partial charge < -0.3 is 15.8 Å². The zero-order valence-electron chi connectivity index (χ0n) is 19.1. The van der Waals surface area contributed by atoms with Crippen molar-refractivity contribution in [2.24, 2.45) is 5.73 Å². The highest BCUT2D eigenvalue weighted by Crippen LogP contribution is 2.27. The third kappa shape index (κ3) is 5.70. The number of carbonyl (C=O) groups excluding carboxylic acids is 2. The molecule has 0 unspecified atom stereocenters. The lowest BCUT2D eigenvalue weighted by atomic mass is 9.99. The first kappa shape index (κ1) is 24.4. The highest BCUT2D eigenvalue weighted by atomic mass is 32.2. The largest absolute Gasteiger partial charge is 0.483 e. The summed E-state index contributed by atoms with van der Waals surface area (Å²) in [5, 5.41) is 2.96. The van der Waals surface area contributed by atoms with E-state index in [1.54, 1.807) is 0 Å². The molecule has 2 amide bonds. The summed E-state index contributed by atoms with van der Waals surface area (Å²) in [6, 6.07) is 22.6. The number of primary amides is 1. The first-order valence-electron chi connectivity index (χ1n) is 11.3. The Morgan fingerprint density at radius 1 is 0.914 bits per heavy atom. The molecule has 1 aliphatic rings. The van der Waals surface area contributed by atoms with Crippen LogP contribution in [0.25, 0.3) is 0 Å². The quantitative estimate of drug-likeness (QED) is 0.475. The van der Waals surface area contributed by atoms with Gasteiger partial charge in [0.15, 0.2) is 6.61 Å². The predicted octanol–water partition coefficient (Wildman–Crippen LogP) is 2.85. The molecule has 182 valence electrons. The van der Waals surface area contributed by atoms with E-state index in [1.165, 1.54) is 22.5 Å². The molecule has 0 radical (unpaired) electrons. The number of nitrogens with zero attached hydrogens (tertiary/aromatic N) is 1. The second-order valence-corrected chi connectivity index (χ2v) is 10.2. The van der Waals surface area contributed by atoms with Crippen molar-refractivity contribution >= 4 is 21.8 Å². The molecule has 3 N–H and O–H groups in total. The van der Waals surface area contributed by atoms with Crippen molar-refractivity contribution in [1.82, 2.24) is 9.62 Å². The molecule has 1 saturated heterocycles. The first-order chi connectivity index (χ1) is 16.9. The summed E-state index contributed by atoms with van der Waals surface area (Å²) in [5.74, 6) is -1.21. The van der Waals surface area contributed by atoms with Crippen LogP contribution >= 0.6 is 0 Å². The molecule has 0 saturated carbocycles. The molecule has 8 nitrogen and oxygen atoms in total. The van der Waals surface area contributed by atoms with Gasteiger partial charge in [-0.05, 0) is 42.2 Å². The summed E-state index contributed by atoms with van der Waals surface area (Å²) in [7, 11) is -3.73. The van der Waals surface area contributed by atoms with E-state index in [0.717, 1.165) is 24.0 Å². The van der Waals surface area contributed by atoms with E-state index < -0.39 is 27.9 Å². The van der Waals surface area contributed by atoms with Gasteiger partial charge in [0, 0.05) is 13.1 Å². The molecular weight excluding hydrogens is 466 g/mol. The molecule has 9 heteroatoms. The van der Waals surface area contributed by atoms with Gasteiger partial charge in [-0.25, -0.2) is 8.42 Å². The number of nitrogens with one attached hydrogen (secondary N) is 1. The molecule has 0 bridgehead atoms. The minimum atomic E-state index is -3.73. The maximum absolute atomic E-state index is 12.8. The zero-order chi connectivity index (χ0) is 24.8. The standard InChI is InChI=1S/C26H27N3O5S/c27-26(31)22-17-21(35(32,33)29-15-7-8-16-29)13-14-23(22)34-18-24(30)28-25(19-9-3-1-4-10-19)20-11-5-2-6-12-20/h1-6,9-14,17,25H,7-8,15-16,18H2,(H2,27,31)(H,28,30). The Hall–Kier alpha value is -3.69. The van der Waals surface area contributed by atoms with Crippen molar-refractivity contribution in [2.45, 2.75) is 23.8 Å². The number of nitrogens with two attached hydrogens (primary N) is 1. The Balaban J connectivity index is 1.50. The molecule has 3 aromatic rings. The van der Waals surface area contributed by atoms with Crippen LogP contribution in [0.3, 0.4) is 0 Å². The summed E-state index contributed by atoms with van der Waals surface area (Å²) in [4.78, 5) is 24.8. The third-order valence-corrected chi connectivity index (χ3v) is 7.74. The van der Waals surface area contributed by atoms with Crippen molar-refractivity contribution in [3.8, 4) is 5.75 Å². The van der Waals surface area contributed by atoms with Gasteiger partial charge in [-0.1, -0.05) is 60.7 Å². The van der Waals surface area contributed by atoms with Gasteiger partial charge in [-0.2, -0.15) is 4.31 Å². The van der Waals surface area contributed by atoms with Gasteiger partial charge in [0.1, 0.15) is 5.75 Å². The molecule has 0 spiro atoms. The van der Waals surface area contributed by atoms with Crippen molar-refractivity contribution < 1.29 is 22.7 Å². The number of rotatable bonds is 9. The zero-order valence-corrected chi connectivity index (χ0v) is 19.9. The van der Waals surface area contributed by atoms with Crippen LogP contribution in [-0.4, -0.2) is 44.2 Å². The summed E-state index contributed by atoms with van der Waals surface area (Å²) >= 11 is 0. The van der Waals surface area contributed by atoms with E-state index >= 15 is 0 Å². The monoisotopic (exact) mass is 493 g/mol. The molecule has 1 heterocycles. The fraction of sp³-hybridized carbons (Fsp3) is 0.231. The number of ether oxygens (including phenoxy) is 1. The Kier molecular flexibility index (Phi) is 7.48. The molecule has 1 fully saturated rings. The van der Waals surface area contributed by atoms with E-state index in [0.29, 0.717) is 13.1 Å². The smallest absolute Gasteiger partial charge is 0.258 e. The molecule has 1 aliphatic heterocycles. The number of sulfonamides is 1. The molecule has 0 aromatic heterocycles. The van der Waals surface area contributed by atoms with E-state index in [4.69, 9.17) is 10.5 Å². The van der Waals surface area contributed by atoms with Gasteiger partial charge in [0.25, 0.3) is 11.8 Å². The summed E-state index contributed by atoms with van der Waals surface area (Å²) in [6.45, 7) is 0.502. The minimum absolute atomic E-state index is 0.0294. The van der Waals surface area contributed by atoms with Crippen molar-refractivity contribution in [3.63, 3.8) is 0 Å². The van der Waals surface area contributed by atoms with Crippen molar-refractivity contribution in [1.29, 1.82) is 0 Å². The molecular formula is C26H27N3O5S. The first-order valence-corrected chi connectivity index (χ1v) is 12.8. The van der Waals surface area contributed by atoms with Crippen LogP contribution < -0.4 is 15.8 Å². The van der Waals surface area contributed by atoms with Crippen LogP contribution in [0.1, 0.15) is 40.4 Å². The van der Waals surface area contributed by atoms with E-state index in [1.807, 2.05) is 60.7 Å². The SMILES string of the molecule is NC(=O)c1cc(S(=O)(=O)N2CCCC2)ccc1OCC(=O)NC(c1ccccc1)c1ccccc1. The van der Waals surface area contributed by atoms with Gasteiger partial charge in [0.2, 0.25) is 10.0 Å². The van der Waals surface area contributed by atoms with Gasteiger partial charge in [-0.3, -0.25) is 9.59 Å².